The molecule has 21 heavy (non-hydrogen) atoms. The van der Waals surface area contributed by atoms with Crippen molar-refractivity contribution in [2.45, 2.75) is 6.92 Å². The molecule has 0 aliphatic rings. The predicted molar refractivity (Wildman–Crippen MR) is 80.6 cm³/mol. The normalized spacial score (nSPS) is 11.3. The van der Waals surface area contributed by atoms with Crippen LogP contribution in [0.25, 0.3) is 0 Å². The van der Waals surface area contributed by atoms with Gasteiger partial charge in [-0.3, -0.25) is 5.43 Å². The van der Waals surface area contributed by atoms with Gasteiger partial charge in [0, 0.05) is 0 Å². The Morgan fingerprint density at radius 3 is 2.38 bits per heavy atom. The average Bonchev–Trinajstić information content (AvgIpc) is 2.48. The molecule has 2 N–H and O–H groups in total. The molecule has 2 aromatic rings. The molecule has 2 aromatic carbocycles. The van der Waals surface area contributed by atoms with Crippen LogP contribution in [-0.4, -0.2) is 16.8 Å². The van der Waals surface area contributed by atoms with Crippen molar-refractivity contribution in [1.29, 1.82) is 0 Å². The molecule has 0 unspecified atom stereocenters. The number of carbonyl (C=O) groups is 1. The second-order valence-corrected chi connectivity index (χ2v) is 4.73. The molecule has 0 bridgehead atoms. The lowest BCUT2D eigenvalue weighted by Crippen LogP contribution is -2.01. The van der Waals surface area contributed by atoms with Crippen LogP contribution in [-0.2, 0) is 0 Å². The van der Waals surface area contributed by atoms with Crippen LogP contribution in [0.3, 0.4) is 0 Å². The Kier molecular flexibility index (Phi) is 4.55. The van der Waals surface area contributed by atoms with Crippen molar-refractivity contribution in [2.24, 2.45) is 5.10 Å². The first kappa shape index (κ1) is 15.0. The van der Waals surface area contributed by atoms with Gasteiger partial charge in [0.05, 0.1) is 22.0 Å². The molecule has 0 spiro atoms. The number of carboxylic acid groups (broad SMARTS) is 1. The van der Waals surface area contributed by atoms with Crippen LogP contribution in [0.2, 0.25) is 5.02 Å². The number of hydrogen-bond donors (Lipinski definition) is 2. The van der Waals surface area contributed by atoms with E-state index in [1.165, 1.54) is 24.3 Å². The first-order valence-corrected chi connectivity index (χ1v) is 6.44. The molecule has 0 aliphatic heterocycles. The summed E-state index contributed by atoms with van der Waals surface area (Å²) in [6.45, 7) is 1.75. The Bertz CT molecular complexity index is 699. The molecule has 4 nitrogen and oxygen atoms in total. The highest BCUT2D eigenvalue weighted by Gasteiger charge is 2.04. The number of nitrogens with zero attached hydrogens (tertiary/aromatic N) is 1. The van der Waals surface area contributed by atoms with Gasteiger partial charge < -0.3 is 5.11 Å². The Morgan fingerprint density at radius 2 is 1.81 bits per heavy atom. The van der Waals surface area contributed by atoms with Crippen molar-refractivity contribution in [3.05, 3.63) is 64.4 Å². The largest absolute Gasteiger partial charge is 0.478 e. The molecule has 108 valence electrons. The molecule has 2 rings (SSSR count). The van der Waals surface area contributed by atoms with Gasteiger partial charge in [0.2, 0.25) is 0 Å². The van der Waals surface area contributed by atoms with E-state index in [-0.39, 0.29) is 10.6 Å². The summed E-state index contributed by atoms with van der Waals surface area (Å²) in [4.78, 5) is 10.7. The molecule has 0 amide bonds. The molecule has 0 aromatic heterocycles. The lowest BCUT2D eigenvalue weighted by atomic mass is 10.1. The summed E-state index contributed by atoms with van der Waals surface area (Å²) in [5.74, 6) is -1.47. The number of rotatable bonds is 4. The second-order valence-electron chi connectivity index (χ2n) is 4.32. The molecule has 0 heterocycles. The van der Waals surface area contributed by atoms with E-state index in [1.54, 1.807) is 25.1 Å². The minimum atomic E-state index is -0.984. The fourth-order valence-corrected chi connectivity index (χ4v) is 1.80. The van der Waals surface area contributed by atoms with Gasteiger partial charge >= 0.3 is 5.97 Å². The zero-order chi connectivity index (χ0) is 15.4. The van der Waals surface area contributed by atoms with E-state index >= 15 is 0 Å². The van der Waals surface area contributed by atoms with Gasteiger partial charge in [-0.2, -0.15) is 5.10 Å². The molecule has 0 fully saturated rings. The van der Waals surface area contributed by atoms with Crippen molar-refractivity contribution in [3.8, 4) is 0 Å². The first-order valence-electron chi connectivity index (χ1n) is 6.06. The van der Waals surface area contributed by atoms with Gasteiger partial charge in [-0.15, -0.1) is 0 Å². The number of aromatic carboxylic acids is 1. The molecule has 0 aliphatic carbocycles. The summed E-state index contributed by atoms with van der Waals surface area (Å²) in [5, 5.41) is 13.0. The van der Waals surface area contributed by atoms with Crippen LogP contribution in [0.15, 0.2) is 47.6 Å². The Balaban J connectivity index is 2.12. The van der Waals surface area contributed by atoms with E-state index in [2.05, 4.69) is 10.5 Å². The number of benzene rings is 2. The summed E-state index contributed by atoms with van der Waals surface area (Å²) >= 11 is 5.72. The third kappa shape index (κ3) is 3.79. The average molecular weight is 307 g/mol. The Hall–Kier alpha value is -2.40. The maximum atomic E-state index is 13.1. The van der Waals surface area contributed by atoms with Crippen LogP contribution < -0.4 is 5.43 Å². The molecule has 0 radical (unpaired) electrons. The summed E-state index contributed by atoms with van der Waals surface area (Å²) in [6.07, 6.45) is 0. The SMILES string of the molecule is CC(=NNc1ccc(C(=O)O)cc1)c1ccc(F)c(Cl)c1. The zero-order valence-corrected chi connectivity index (χ0v) is 11.9. The van der Waals surface area contributed by atoms with Crippen molar-refractivity contribution >= 4 is 29.0 Å². The monoisotopic (exact) mass is 306 g/mol. The minimum absolute atomic E-state index is 0.0351. The van der Waals surface area contributed by atoms with Gasteiger partial charge in [-0.1, -0.05) is 17.7 Å². The topological polar surface area (TPSA) is 61.7 Å². The smallest absolute Gasteiger partial charge is 0.335 e. The standard InChI is InChI=1S/C15H12ClFN2O2/c1-9(11-4-7-14(17)13(16)8-11)18-19-12-5-2-10(3-6-12)15(20)21/h2-8,19H,1H3,(H,20,21). The van der Waals surface area contributed by atoms with Gasteiger partial charge in [-0.25, -0.2) is 9.18 Å². The number of anilines is 1. The van der Waals surface area contributed by atoms with Gasteiger partial charge in [0.25, 0.3) is 0 Å². The quantitative estimate of drug-likeness (QED) is 0.662. The molecule has 0 saturated heterocycles. The highest BCUT2D eigenvalue weighted by Crippen LogP contribution is 2.17. The van der Waals surface area contributed by atoms with E-state index in [1.807, 2.05) is 0 Å². The van der Waals surface area contributed by atoms with Crippen molar-refractivity contribution in [3.63, 3.8) is 0 Å². The van der Waals surface area contributed by atoms with E-state index in [9.17, 15) is 9.18 Å². The molecule has 0 saturated carbocycles. The van der Waals surface area contributed by atoms with Gasteiger partial charge in [-0.05, 0) is 48.9 Å². The van der Waals surface area contributed by atoms with E-state index < -0.39 is 11.8 Å². The minimum Gasteiger partial charge on any atom is -0.478 e. The predicted octanol–water partition coefficient (Wildman–Crippen LogP) is 4.01. The van der Waals surface area contributed by atoms with Crippen LogP contribution in [0.1, 0.15) is 22.8 Å². The Labute approximate surface area is 125 Å². The lowest BCUT2D eigenvalue weighted by Gasteiger charge is -2.05. The van der Waals surface area contributed by atoms with Crippen LogP contribution >= 0.6 is 11.6 Å². The fourth-order valence-electron chi connectivity index (χ4n) is 1.62. The molecular weight excluding hydrogens is 295 g/mol. The lowest BCUT2D eigenvalue weighted by molar-refractivity contribution is 0.0697. The number of nitrogens with one attached hydrogen (secondary N) is 1. The van der Waals surface area contributed by atoms with Crippen molar-refractivity contribution in [1.82, 2.24) is 0 Å². The summed E-state index contributed by atoms with van der Waals surface area (Å²) in [6, 6.07) is 10.5. The molecule has 6 heteroatoms. The number of carboxylic acids is 1. The summed E-state index contributed by atoms with van der Waals surface area (Å²) < 4.78 is 13.1. The number of halogens is 2. The van der Waals surface area contributed by atoms with Crippen LogP contribution in [0.5, 0.6) is 0 Å². The van der Waals surface area contributed by atoms with Crippen LogP contribution in [0, 0.1) is 5.82 Å². The van der Waals surface area contributed by atoms with Crippen molar-refractivity contribution in [2.75, 3.05) is 5.43 Å². The fraction of sp³-hybridized carbons (Fsp3) is 0.0667. The Morgan fingerprint density at radius 1 is 1.19 bits per heavy atom. The van der Waals surface area contributed by atoms with E-state index in [4.69, 9.17) is 16.7 Å². The molecule has 0 atom stereocenters. The molecular formula is C15H12ClFN2O2. The zero-order valence-electron chi connectivity index (χ0n) is 11.1. The first-order chi connectivity index (χ1) is 9.97. The highest BCUT2D eigenvalue weighted by molar-refractivity contribution is 6.31. The maximum absolute atomic E-state index is 13.1. The third-order valence-corrected chi connectivity index (χ3v) is 3.11. The summed E-state index contributed by atoms with van der Waals surface area (Å²) in [5.41, 5.74) is 4.96. The maximum Gasteiger partial charge on any atom is 0.335 e. The van der Waals surface area contributed by atoms with Gasteiger partial charge in [0.1, 0.15) is 5.82 Å². The third-order valence-electron chi connectivity index (χ3n) is 2.82. The number of hydrogen-bond acceptors (Lipinski definition) is 3. The van der Waals surface area contributed by atoms with E-state index in [0.29, 0.717) is 17.0 Å². The van der Waals surface area contributed by atoms with E-state index in [0.717, 1.165) is 0 Å². The highest BCUT2D eigenvalue weighted by atomic mass is 35.5. The van der Waals surface area contributed by atoms with Crippen molar-refractivity contribution < 1.29 is 14.3 Å². The number of hydrazone groups is 1. The van der Waals surface area contributed by atoms with Gasteiger partial charge in [0.15, 0.2) is 0 Å². The van der Waals surface area contributed by atoms with Crippen LogP contribution in [0.4, 0.5) is 10.1 Å². The summed E-state index contributed by atoms with van der Waals surface area (Å²) in [7, 11) is 0. The second kappa shape index (κ2) is 6.37.